The van der Waals surface area contributed by atoms with Gasteiger partial charge in [-0.15, -0.1) is 11.3 Å². The monoisotopic (exact) mass is 262 g/mol. The van der Waals surface area contributed by atoms with Gasteiger partial charge in [0.1, 0.15) is 0 Å². The minimum absolute atomic E-state index is 0.0313. The number of halogens is 1. The third-order valence-corrected chi connectivity index (χ3v) is 3.67. The molecule has 0 bridgehead atoms. The maximum Gasteiger partial charge on any atom is 0.0701 e. The Balaban J connectivity index is 2.60. The first-order chi connectivity index (χ1) is 5.89. The van der Waals surface area contributed by atoms with Gasteiger partial charge in [0, 0.05) is 11.3 Å². The van der Waals surface area contributed by atoms with Crippen LogP contribution < -0.4 is 0 Å². The third-order valence-electron chi connectivity index (χ3n) is 2.02. The molecule has 0 saturated carbocycles. The van der Waals surface area contributed by atoms with E-state index in [1.54, 1.807) is 11.3 Å². The molecule has 74 valence electrons. The molecule has 0 aromatic carbocycles. The zero-order valence-electron chi connectivity index (χ0n) is 8.17. The Morgan fingerprint density at radius 3 is 2.46 bits per heavy atom. The van der Waals surface area contributed by atoms with Crippen molar-refractivity contribution in [3.63, 3.8) is 0 Å². The smallest absolute Gasteiger partial charge is 0.0701 e. The van der Waals surface area contributed by atoms with Crippen LogP contribution in [-0.4, -0.2) is 11.2 Å². The van der Waals surface area contributed by atoms with Crippen LogP contribution in [0.25, 0.3) is 0 Å². The summed E-state index contributed by atoms with van der Waals surface area (Å²) in [4.78, 5) is 1.23. The van der Waals surface area contributed by atoms with E-state index in [0.717, 1.165) is 10.2 Å². The van der Waals surface area contributed by atoms with E-state index in [1.807, 2.05) is 6.07 Å². The molecule has 1 N–H and O–H groups in total. The summed E-state index contributed by atoms with van der Waals surface area (Å²) in [5, 5.41) is 9.84. The van der Waals surface area contributed by atoms with E-state index in [0.29, 0.717) is 0 Å². The van der Waals surface area contributed by atoms with Crippen molar-refractivity contribution >= 4 is 27.3 Å². The van der Waals surface area contributed by atoms with Gasteiger partial charge < -0.3 is 5.11 Å². The minimum atomic E-state index is -0.266. The van der Waals surface area contributed by atoms with Gasteiger partial charge in [0.15, 0.2) is 0 Å². The van der Waals surface area contributed by atoms with Crippen LogP contribution >= 0.6 is 27.3 Å². The maximum atomic E-state index is 9.84. The molecule has 0 aliphatic carbocycles. The quantitative estimate of drug-likeness (QED) is 0.866. The van der Waals surface area contributed by atoms with Crippen LogP contribution in [0.2, 0.25) is 0 Å². The SMILES string of the molecule is CC(C)(C)C(O)Cc1ccc(Br)s1. The van der Waals surface area contributed by atoms with Crippen molar-refractivity contribution in [3.8, 4) is 0 Å². The van der Waals surface area contributed by atoms with Crippen molar-refractivity contribution < 1.29 is 5.11 Å². The molecule has 13 heavy (non-hydrogen) atoms. The molecule has 1 heterocycles. The summed E-state index contributed by atoms with van der Waals surface area (Å²) >= 11 is 5.10. The lowest BCUT2D eigenvalue weighted by atomic mass is 9.87. The van der Waals surface area contributed by atoms with Crippen molar-refractivity contribution in [1.29, 1.82) is 0 Å². The number of hydrogen-bond donors (Lipinski definition) is 1. The van der Waals surface area contributed by atoms with E-state index >= 15 is 0 Å². The van der Waals surface area contributed by atoms with Gasteiger partial charge in [-0.25, -0.2) is 0 Å². The third kappa shape index (κ3) is 3.41. The lowest BCUT2D eigenvalue weighted by Gasteiger charge is -2.25. The van der Waals surface area contributed by atoms with E-state index < -0.39 is 0 Å². The van der Waals surface area contributed by atoms with E-state index in [-0.39, 0.29) is 11.5 Å². The summed E-state index contributed by atoms with van der Waals surface area (Å²) in [7, 11) is 0. The highest BCUT2D eigenvalue weighted by atomic mass is 79.9. The van der Waals surface area contributed by atoms with Crippen LogP contribution in [0.15, 0.2) is 15.9 Å². The van der Waals surface area contributed by atoms with E-state index in [2.05, 4.69) is 42.8 Å². The second-order valence-corrected chi connectivity index (χ2v) is 6.84. The zero-order valence-corrected chi connectivity index (χ0v) is 10.6. The molecule has 1 aromatic heterocycles. The fraction of sp³-hybridized carbons (Fsp3) is 0.600. The lowest BCUT2D eigenvalue weighted by molar-refractivity contribution is 0.0643. The first kappa shape index (κ1) is 11.2. The highest BCUT2D eigenvalue weighted by molar-refractivity contribution is 9.11. The molecule has 3 heteroatoms. The Kier molecular flexibility index (Phi) is 3.55. The molecule has 1 aromatic rings. The molecule has 1 nitrogen and oxygen atoms in total. The molecule has 1 rings (SSSR count). The summed E-state index contributed by atoms with van der Waals surface area (Å²) in [5.74, 6) is 0. The van der Waals surface area contributed by atoms with Crippen molar-refractivity contribution in [3.05, 3.63) is 20.8 Å². The lowest BCUT2D eigenvalue weighted by Crippen LogP contribution is -2.27. The normalized spacial score (nSPS) is 14.5. The number of rotatable bonds is 2. The summed E-state index contributed by atoms with van der Waals surface area (Å²) in [6.45, 7) is 6.17. The maximum absolute atomic E-state index is 9.84. The molecule has 0 saturated heterocycles. The van der Waals surface area contributed by atoms with Crippen LogP contribution in [0.1, 0.15) is 25.6 Å². The Morgan fingerprint density at radius 1 is 1.46 bits per heavy atom. The summed E-state index contributed by atoms with van der Waals surface area (Å²) in [6.07, 6.45) is 0.484. The topological polar surface area (TPSA) is 20.2 Å². The molecule has 1 unspecified atom stereocenters. The van der Waals surface area contributed by atoms with Gasteiger partial charge in [0.25, 0.3) is 0 Å². The first-order valence-corrected chi connectivity index (χ1v) is 5.93. The number of aliphatic hydroxyl groups excluding tert-OH is 1. The number of thiophene rings is 1. The van der Waals surface area contributed by atoms with Gasteiger partial charge in [-0.3, -0.25) is 0 Å². The fourth-order valence-corrected chi connectivity index (χ4v) is 2.48. The van der Waals surface area contributed by atoms with Gasteiger partial charge in [0.05, 0.1) is 9.89 Å². The summed E-state index contributed by atoms with van der Waals surface area (Å²) in [5.41, 5.74) is -0.0313. The van der Waals surface area contributed by atoms with Crippen LogP contribution in [0.3, 0.4) is 0 Å². The van der Waals surface area contributed by atoms with Crippen LogP contribution in [-0.2, 0) is 6.42 Å². The molecule has 1 atom stereocenters. The first-order valence-electron chi connectivity index (χ1n) is 4.32. The van der Waals surface area contributed by atoms with E-state index in [9.17, 15) is 5.11 Å². The molecule has 0 amide bonds. The van der Waals surface area contributed by atoms with Crippen LogP contribution in [0.4, 0.5) is 0 Å². The predicted molar refractivity (Wildman–Crippen MR) is 61.2 cm³/mol. The highest BCUT2D eigenvalue weighted by Crippen LogP contribution is 2.27. The Bertz CT molecular complexity index is 275. The Morgan fingerprint density at radius 2 is 2.08 bits per heavy atom. The fourth-order valence-electron chi connectivity index (χ4n) is 0.958. The van der Waals surface area contributed by atoms with Crippen molar-refractivity contribution in [2.45, 2.75) is 33.3 Å². The Labute approximate surface area is 91.9 Å². The van der Waals surface area contributed by atoms with E-state index in [1.165, 1.54) is 4.88 Å². The molecule has 0 radical (unpaired) electrons. The van der Waals surface area contributed by atoms with Gasteiger partial charge in [-0.05, 0) is 33.5 Å². The van der Waals surface area contributed by atoms with Crippen molar-refractivity contribution in [1.82, 2.24) is 0 Å². The second kappa shape index (κ2) is 4.11. The van der Waals surface area contributed by atoms with Gasteiger partial charge >= 0.3 is 0 Å². The second-order valence-electron chi connectivity index (χ2n) is 4.29. The molecule has 0 spiro atoms. The minimum Gasteiger partial charge on any atom is -0.392 e. The van der Waals surface area contributed by atoms with Crippen LogP contribution in [0, 0.1) is 5.41 Å². The zero-order chi connectivity index (χ0) is 10.1. The van der Waals surface area contributed by atoms with Gasteiger partial charge in [-0.2, -0.15) is 0 Å². The van der Waals surface area contributed by atoms with Crippen molar-refractivity contribution in [2.24, 2.45) is 5.41 Å². The molecular weight excluding hydrogens is 248 g/mol. The van der Waals surface area contributed by atoms with E-state index in [4.69, 9.17) is 0 Å². The molecule has 0 aliphatic heterocycles. The summed E-state index contributed by atoms with van der Waals surface area (Å²) < 4.78 is 1.13. The van der Waals surface area contributed by atoms with Crippen molar-refractivity contribution in [2.75, 3.05) is 0 Å². The molecule has 0 fully saturated rings. The largest absolute Gasteiger partial charge is 0.392 e. The standard InChI is InChI=1S/C10H15BrOS/c1-10(2,3)8(12)6-7-4-5-9(11)13-7/h4-5,8,12H,6H2,1-3H3. The summed E-state index contributed by atoms with van der Waals surface area (Å²) in [6, 6.07) is 4.08. The van der Waals surface area contributed by atoms with Gasteiger partial charge in [-0.1, -0.05) is 20.8 Å². The van der Waals surface area contributed by atoms with Gasteiger partial charge in [0.2, 0.25) is 0 Å². The highest BCUT2D eigenvalue weighted by Gasteiger charge is 2.22. The Hall–Kier alpha value is 0.140. The predicted octanol–water partition coefficient (Wildman–Crippen LogP) is 3.46. The molecule has 0 aliphatic rings. The average Bonchev–Trinajstić information content (AvgIpc) is 2.33. The number of hydrogen-bond acceptors (Lipinski definition) is 2. The number of aliphatic hydroxyl groups is 1. The molecular formula is C10H15BrOS. The van der Waals surface area contributed by atoms with Crippen LogP contribution in [0.5, 0.6) is 0 Å². The average molecular weight is 263 g/mol.